The first-order valence-electron chi connectivity index (χ1n) is 43.5. The first kappa shape index (κ1) is 74.2. The molecule has 8 heteroatoms. The van der Waals surface area contributed by atoms with Crippen molar-refractivity contribution in [2.45, 2.75) is 19.3 Å². The van der Waals surface area contributed by atoms with Gasteiger partial charge in [-0.3, -0.25) is 0 Å². The number of fused-ring (bicyclic) bond motifs is 15. The van der Waals surface area contributed by atoms with Gasteiger partial charge in [-0.15, -0.1) is 0 Å². The highest BCUT2D eigenvalue weighted by atomic mass is 15.0. The highest BCUT2D eigenvalue weighted by Crippen LogP contribution is 2.52. The molecule has 0 aliphatic heterocycles. The van der Waals surface area contributed by atoms with Crippen molar-refractivity contribution in [3.8, 4) is 135 Å². The van der Waals surface area contributed by atoms with Crippen LogP contribution >= 0.6 is 0 Å². The lowest BCUT2D eigenvalue weighted by Gasteiger charge is -2.23. The second-order valence-electron chi connectivity index (χ2n) is 33.6. The van der Waals surface area contributed by atoms with Crippen LogP contribution in [0.5, 0.6) is 0 Å². The predicted molar refractivity (Wildman–Crippen MR) is 528 cm³/mol. The quantitative estimate of drug-likeness (QED) is 0.115. The van der Waals surface area contributed by atoms with Gasteiger partial charge >= 0.3 is 0 Å². The second-order valence-corrected chi connectivity index (χ2v) is 33.6. The molecule has 6 heterocycles. The maximum atomic E-state index is 5.18. The molecule has 6 aromatic heterocycles. The van der Waals surface area contributed by atoms with E-state index in [-0.39, 0.29) is 5.41 Å². The second kappa shape index (κ2) is 30.4. The summed E-state index contributed by atoms with van der Waals surface area (Å²) < 4.78 is 9.58. The predicted octanol–water partition coefficient (Wildman–Crippen LogP) is 30.7. The van der Waals surface area contributed by atoms with Gasteiger partial charge in [-0.05, 0) is 195 Å². The summed E-state index contributed by atoms with van der Waals surface area (Å²) in [6, 6.07) is 161. The monoisotopic (exact) mass is 1620 g/mol. The molecule has 0 N–H and O–H groups in total. The third-order valence-corrected chi connectivity index (χ3v) is 25.9. The van der Waals surface area contributed by atoms with Crippen molar-refractivity contribution >= 4 is 87.2 Å². The van der Waals surface area contributed by atoms with Gasteiger partial charge in [0.25, 0.3) is 0 Å². The number of benzene rings is 18. The zero-order valence-electron chi connectivity index (χ0n) is 69.8. The van der Waals surface area contributed by atoms with Crippen LogP contribution in [-0.2, 0) is 5.41 Å². The molecule has 0 atom stereocenters. The Hall–Kier alpha value is -16.7. The number of hydrogen-bond acceptors (Lipinski definition) is 4. The zero-order chi connectivity index (χ0) is 84.2. The fourth-order valence-corrected chi connectivity index (χ4v) is 19.7. The average molecular weight is 1620 g/mol. The fourth-order valence-electron chi connectivity index (χ4n) is 19.7. The van der Waals surface area contributed by atoms with E-state index in [0.29, 0.717) is 5.82 Å². The topological polar surface area (TPSA) is 71.3 Å². The van der Waals surface area contributed by atoms with E-state index in [2.05, 4.69) is 432 Å². The molecule has 1 aliphatic rings. The SMILES string of the molecule is CC1(C)c2cc(-c3cc(-c4ccccc4)nc(-c4ccccc4)n3)ccc2-c2ccc(-n3c4ccccc4c4cc(-c5ccc6c(c5)c5ccccc5n6-c5ccccc5)ccc43)cc21.c1ccc(-c2ccc(-c3cc(-c4ccc(-n5c6ccccc6c6cc(-c7ccc8c(c7)c7ccccc7n8-c7ccccc7)ccc65)cc4)nc(-c4ccccc4)n3)cc2)cc1. The average Bonchev–Trinajstić information content (AvgIpc) is 1.57. The minimum Gasteiger partial charge on any atom is -0.309 e. The summed E-state index contributed by atoms with van der Waals surface area (Å²) in [5.74, 6) is 1.43. The Labute approximate surface area is 734 Å². The molecular formula is C119H80N8. The Kier molecular flexibility index (Phi) is 17.8. The third-order valence-electron chi connectivity index (χ3n) is 25.9. The summed E-state index contributed by atoms with van der Waals surface area (Å²) in [5, 5.41) is 9.94. The Morgan fingerprint density at radius 1 is 0.165 bits per heavy atom. The van der Waals surface area contributed by atoms with Gasteiger partial charge in [0.2, 0.25) is 0 Å². The number of nitrogens with zero attached hydrogens (tertiary/aromatic N) is 8. The highest BCUT2D eigenvalue weighted by molar-refractivity contribution is 6.15. The molecule has 25 rings (SSSR count). The Morgan fingerprint density at radius 2 is 0.409 bits per heavy atom. The van der Waals surface area contributed by atoms with Crippen molar-refractivity contribution in [3.05, 3.63) is 460 Å². The summed E-state index contributed by atoms with van der Waals surface area (Å²) in [5.41, 5.74) is 36.1. The number of rotatable bonds is 13. The summed E-state index contributed by atoms with van der Waals surface area (Å²) in [6.07, 6.45) is 0. The van der Waals surface area contributed by atoms with Gasteiger partial charge in [-0.2, -0.15) is 0 Å². The lowest BCUT2D eigenvalue weighted by molar-refractivity contribution is 0.660. The first-order valence-corrected chi connectivity index (χ1v) is 43.5. The van der Waals surface area contributed by atoms with Crippen LogP contribution in [-0.4, -0.2) is 38.2 Å². The van der Waals surface area contributed by atoms with Crippen LogP contribution in [0.15, 0.2) is 449 Å². The third kappa shape index (κ3) is 12.8. The fraction of sp³-hybridized carbons (Fsp3) is 0.0252. The highest BCUT2D eigenvalue weighted by Gasteiger charge is 2.37. The van der Waals surface area contributed by atoms with Crippen molar-refractivity contribution in [1.82, 2.24) is 38.2 Å². The minimum absolute atomic E-state index is 0.248. The van der Waals surface area contributed by atoms with Crippen LogP contribution in [0.2, 0.25) is 0 Å². The van der Waals surface area contributed by atoms with Gasteiger partial charge < -0.3 is 18.3 Å². The lowest BCUT2D eigenvalue weighted by Crippen LogP contribution is -2.15. The molecule has 0 saturated heterocycles. The maximum Gasteiger partial charge on any atom is 0.160 e. The van der Waals surface area contributed by atoms with Crippen molar-refractivity contribution < 1.29 is 0 Å². The summed E-state index contributed by atoms with van der Waals surface area (Å²) in [6.45, 7) is 4.73. The van der Waals surface area contributed by atoms with Gasteiger partial charge in [0.1, 0.15) is 0 Å². The molecule has 0 radical (unpaired) electrons. The molecule has 0 amide bonds. The molecule has 18 aromatic carbocycles. The normalized spacial score (nSPS) is 12.2. The molecule has 24 aromatic rings. The summed E-state index contributed by atoms with van der Waals surface area (Å²) in [7, 11) is 0. The van der Waals surface area contributed by atoms with Gasteiger partial charge in [-0.1, -0.05) is 323 Å². The number of aromatic nitrogens is 8. The Bertz CT molecular complexity index is 8360. The van der Waals surface area contributed by atoms with Crippen molar-refractivity contribution in [2.24, 2.45) is 0 Å². The van der Waals surface area contributed by atoms with Crippen LogP contribution < -0.4 is 0 Å². The summed E-state index contributed by atoms with van der Waals surface area (Å²) >= 11 is 0. The van der Waals surface area contributed by atoms with Gasteiger partial charge in [0.05, 0.1) is 66.9 Å². The number of hydrogen-bond donors (Lipinski definition) is 0. The van der Waals surface area contributed by atoms with E-state index in [9.17, 15) is 0 Å². The van der Waals surface area contributed by atoms with Crippen LogP contribution in [0.1, 0.15) is 25.0 Å². The molecule has 0 unspecified atom stereocenters. The van der Waals surface area contributed by atoms with Crippen LogP contribution in [0.4, 0.5) is 0 Å². The minimum atomic E-state index is -0.248. The lowest BCUT2D eigenvalue weighted by atomic mass is 9.81. The molecule has 596 valence electrons. The van der Waals surface area contributed by atoms with E-state index >= 15 is 0 Å². The van der Waals surface area contributed by atoms with E-state index in [1.165, 1.54) is 149 Å². The van der Waals surface area contributed by atoms with Gasteiger partial charge in [0.15, 0.2) is 11.6 Å². The molecule has 1 aliphatic carbocycles. The van der Waals surface area contributed by atoms with Crippen LogP contribution in [0.3, 0.4) is 0 Å². The zero-order valence-corrected chi connectivity index (χ0v) is 69.8. The van der Waals surface area contributed by atoms with Gasteiger partial charge in [0, 0.05) is 105 Å². The van der Waals surface area contributed by atoms with Crippen molar-refractivity contribution in [2.75, 3.05) is 0 Å². The molecule has 0 saturated carbocycles. The van der Waals surface area contributed by atoms with Crippen molar-refractivity contribution in [3.63, 3.8) is 0 Å². The van der Waals surface area contributed by atoms with Gasteiger partial charge in [-0.25, -0.2) is 19.9 Å². The maximum absolute atomic E-state index is 5.18. The smallest absolute Gasteiger partial charge is 0.160 e. The molecule has 0 bridgehead atoms. The largest absolute Gasteiger partial charge is 0.309 e. The van der Waals surface area contributed by atoms with E-state index < -0.39 is 0 Å². The molecule has 0 fully saturated rings. The van der Waals surface area contributed by atoms with E-state index in [0.717, 1.165) is 79.0 Å². The standard InChI is InChI=1S/C61H42N4.C58H38N4/c1-61(2)52-36-43(55-38-54(39-16-6-3-7-17-39)62-60(63-55)40-18-8-4-9-19-40)26-30-46(52)47-31-29-45(37-53(47)61)65-57-25-15-13-23-49(57)51-35-42(28-33-59(51)65)41-27-32-58-50(34-41)48-22-12-14-24-56(48)64(58)44-20-10-5-11-21-44;1-4-14-39(15-5-1)40-24-26-41(27-25-40)52-38-53(60-58(59-52)43-16-6-2-7-17-43)42-28-32-47(33-29-42)62-55-23-13-11-21-49(55)51-37-45(31-35-57(51)62)44-30-34-56-50(36-44)48-20-10-12-22-54(48)61(56)46-18-8-3-9-19-46/h3-38H,1-2H3;1-38H. The Morgan fingerprint density at radius 3 is 0.795 bits per heavy atom. The Balaban J connectivity index is 0.000000142. The molecule has 0 spiro atoms. The van der Waals surface area contributed by atoms with Crippen LogP contribution in [0.25, 0.3) is 222 Å². The van der Waals surface area contributed by atoms with E-state index in [1.54, 1.807) is 0 Å². The summed E-state index contributed by atoms with van der Waals surface area (Å²) in [4.78, 5) is 20.4. The van der Waals surface area contributed by atoms with E-state index in [4.69, 9.17) is 19.9 Å². The first-order chi connectivity index (χ1) is 62.7. The van der Waals surface area contributed by atoms with Crippen molar-refractivity contribution in [1.29, 1.82) is 0 Å². The molecular weight excluding hydrogens is 1540 g/mol. The van der Waals surface area contributed by atoms with E-state index in [1.807, 2.05) is 48.5 Å². The molecule has 8 nitrogen and oxygen atoms in total. The van der Waals surface area contributed by atoms with Crippen LogP contribution in [0, 0.1) is 0 Å². The molecule has 127 heavy (non-hydrogen) atoms. The number of para-hydroxylation sites is 6.